The number of halogens is 2. The summed E-state index contributed by atoms with van der Waals surface area (Å²) in [7, 11) is 0. The molecule has 0 unspecified atom stereocenters. The first kappa shape index (κ1) is 20.1. The first-order valence-electron chi connectivity index (χ1n) is 8.42. The summed E-state index contributed by atoms with van der Waals surface area (Å²) in [5.74, 6) is 0.685. The maximum absolute atomic E-state index is 6.17. The highest BCUT2D eigenvalue weighted by Crippen LogP contribution is 2.26. The number of benzene rings is 3. The molecule has 0 radical (unpaired) electrons. The molecule has 0 aliphatic heterocycles. The quantitative estimate of drug-likeness (QED) is 0.291. The van der Waals surface area contributed by atoms with E-state index in [1.165, 1.54) is 0 Å². The molecule has 2 N–H and O–H groups in total. The fourth-order valence-electron chi connectivity index (χ4n) is 2.36. The van der Waals surface area contributed by atoms with Gasteiger partial charge in [-0.05, 0) is 54.2 Å². The van der Waals surface area contributed by atoms with E-state index >= 15 is 0 Å². The van der Waals surface area contributed by atoms with Crippen LogP contribution < -0.4 is 15.5 Å². The third-order valence-electron chi connectivity index (χ3n) is 3.71. The van der Waals surface area contributed by atoms with Crippen molar-refractivity contribution in [2.45, 2.75) is 6.61 Å². The Morgan fingerprint density at radius 1 is 0.964 bits per heavy atom. The second-order valence-electron chi connectivity index (χ2n) is 5.75. The van der Waals surface area contributed by atoms with E-state index < -0.39 is 0 Å². The monoisotopic (exact) mass is 429 g/mol. The van der Waals surface area contributed by atoms with E-state index in [1.54, 1.807) is 24.4 Å². The van der Waals surface area contributed by atoms with Gasteiger partial charge in [-0.2, -0.15) is 5.10 Å². The Morgan fingerprint density at radius 3 is 2.43 bits per heavy atom. The number of nitrogens with zero attached hydrogens (tertiary/aromatic N) is 1. The van der Waals surface area contributed by atoms with Gasteiger partial charge in [0, 0.05) is 21.3 Å². The van der Waals surface area contributed by atoms with Crippen LogP contribution in [-0.2, 0) is 6.61 Å². The van der Waals surface area contributed by atoms with Crippen molar-refractivity contribution in [3.63, 3.8) is 0 Å². The van der Waals surface area contributed by atoms with Gasteiger partial charge in [-0.1, -0.05) is 59.6 Å². The van der Waals surface area contributed by atoms with Gasteiger partial charge in [0.1, 0.15) is 12.4 Å². The van der Waals surface area contributed by atoms with Gasteiger partial charge in [0.15, 0.2) is 5.11 Å². The van der Waals surface area contributed by atoms with Crippen LogP contribution >= 0.6 is 35.4 Å². The van der Waals surface area contributed by atoms with E-state index in [0.29, 0.717) is 20.9 Å². The van der Waals surface area contributed by atoms with Crippen molar-refractivity contribution in [3.05, 3.63) is 94.0 Å². The van der Waals surface area contributed by atoms with Crippen molar-refractivity contribution in [1.29, 1.82) is 0 Å². The van der Waals surface area contributed by atoms with Crippen LogP contribution in [0.25, 0.3) is 0 Å². The number of hydrazone groups is 1. The summed E-state index contributed by atoms with van der Waals surface area (Å²) >= 11 is 17.6. The van der Waals surface area contributed by atoms with Gasteiger partial charge in [0.05, 0.1) is 6.21 Å². The SMILES string of the molecule is S=C(N/N=C\c1cccc(OCc2c(Cl)cccc2Cl)c1)Nc1ccccc1. The highest BCUT2D eigenvalue weighted by molar-refractivity contribution is 7.80. The number of rotatable bonds is 6. The highest BCUT2D eigenvalue weighted by Gasteiger charge is 2.06. The molecule has 0 bridgehead atoms. The summed E-state index contributed by atoms with van der Waals surface area (Å²) in [5, 5.41) is 8.76. The maximum Gasteiger partial charge on any atom is 0.191 e. The molecule has 0 saturated heterocycles. The Bertz CT molecular complexity index is 960. The van der Waals surface area contributed by atoms with Gasteiger partial charge >= 0.3 is 0 Å². The third-order valence-corrected chi connectivity index (χ3v) is 4.62. The van der Waals surface area contributed by atoms with Crippen molar-refractivity contribution in [3.8, 4) is 5.75 Å². The Hall–Kier alpha value is -2.60. The average molecular weight is 430 g/mol. The standard InChI is InChI=1S/C21H17Cl2N3OS/c22-19-10-5-11-20(23)18(19)14-27-17-9-4-6-15(12-17)13-24-26-21(28)25-16-7-2-1-3-8-16/h1-13H,14H2,(H2,25,26,28)/b24-13-. The van der Waals surface area contributed by atoms with Crippen molar-refractivity contribution in [2.75, 3.05) is 5.32 Å². The van der Waals surface area contributed by atoms with Gasteiger partial charge in [-0.15, -0.1) is 0 Å². The lowest BCUT2D eigenvalue weighted by atomic mass is 10.2. The predicted molar refractivity (Wildman–Crippen MR) is 121 cm³/mol. The first-order chi connectivity index (χ1) is 13.6. The lowest BCUT2D eigenvalue weighted by molar-refractivity contribution is 0.306. The molecule has 0 fully saturated rings. The molecule has 4 nitrogen and oxygen atoms in total. The molecule has 0 heterocycles. The van der Waals surface area contributed by atoms with E-state index in [4.69, 9.17) is 40.2 Å². The van der Waals surface area contributed by atoms with Crippen molar-refractivity contribution >= 4 is 52.4 Å². The van der Waals surface area contributed by atoms with Gasteiger partial charge in [-0.3, -0.25) is 5.43 Å². The molecule has 28 heavy (non-hydrogen) atoms. The van der Waals surface area contributed by atoms with Gasteiger partial charge in [-0.25, -0.2) is 0 Å². The summed E-state index contributed by atoms with van der Waals surface area (Å²) in [6, 6.07) is 22.5. The minimum atomic E-state index is 0.280. The van der Waals surface area contributed by atoms with Crippen LogP contribution in [0, 0.1) is 0 Å². The minimum Gasteiger partial charge on any atom is -0.489 e. The lowest BCUT2D eigenvalue weighted by Crippen LogP contribution is -2.23. The first-order valence-corrected chi connectivity index (χ1v) is 9.59. The number of anilines is 1. The molecule has 3 aromatic rings. The molecule has 0 saturated carbocycles. The molecule has 0 aliphatic carbocycles. The van der Waals surface area contributed by atoms with Crippen molar-refractivity contribution in [1.82, 2.24) is 5.43 Å². The largest absolute Gasteiger partial charge is 0.489 e. The van der Waals surface area contributed by atoms with E-state index in [-0.39, 0.29) is 6.61 Å². The smallest absolute Gasteiger partial charge is 0.191 e. The van der Waals surface area contributed by atoms with Crippen LogP contribution in [0.2, 0.25) is 10.0 Å². The average Bonchev–Trinajstić information content (AvgIpc) is 2.69. The molecule has 3 rings (SSSR count). The summed E-state index contributed by atoms with van der Waals surface area (Å²) in [5.41, 5.74) is 5.29. The second kappa shape index (κ2) is 10.1. The Balaban J connectivity index is 1.55. The molecule has 0 aromatic heterocycles. The summed E-state index contributed by atoms with van der Waals surface area (Å²) in [6.45, 7) is 0.280. The van der Waals surface area contributed by atoms with Crippen LogP contribution in [-0.4, -0.2) is 11.3 Å². The van der Waals surface area contributed by atoms with Gasteiger partial charge in [0.25, 0.3) is 0 Å². The normalized spacial score (nSPS) is 10.6. The summed E-state index contributed by atoms with van der Waals surface area (Å²) in [6.07, 6.45) is 1.66. The zero-order chi connectivity index (χ0) is 19.8. The van der Waals surface area contributed by atoms with Crippen LogP contribution in [0.4, 0.5) is 5.69 Å². The fourth-order valence-corrected chi connectivity index (χ4v) is 3.03. The molecule has 0 aliphatic rings. The molecule has 142 valence electrons. The Kier molecular flexibility index (Phi) is 7.25. The van der Waals surface area contributed by atoms with E-state index in [9.17, 15) is 0 Å². The van der Waals surface area contributed by atoms with Crippen LogP contribution in [0.5, 0.6) is 5.75 Å². The third kappa shape index (κ3) is 5.96. The topological polar surface area (TPSA) is 45.7 Å². The Labute approximate surface area is 179 Å². The van der Waals surface area contributed by atoms with Crippen molar-refractivity contribution < 1.29 is 4.74 Å². The molecule has 0 amide bonds. The van der Waals surface area contributed by atoms with E-state index in [0.717, 1.165) is 16.8 Å². The number of thiocarbonyl (C=S) groups is 1. The zero-order valence-corrected chi connectivity index (χ0v) is 17.1. The van der Waals surface area contributed by atoms with Gasteiger partial charge in [0.2, 0.25) is 0 Å². The molecular weight excluding hydrogens is 413 g/mol. The summed E-state index contributed by atoms with van der Waals surface area (Å²) in [4.78, 5) is 0. The molecule has 0 atom stereocenters. The van der Waals surface area contributed by atoms with Crippen LogP contribution in [0.1, 0.15) is 11.1 Å². The van der Waals surface area contributed by atoms with Crippen LogP contribution in [0.3, 0.4) is 0 Å². The van der Waals surface area contributed by atoms with Crippen LogP contribution in [0.15, 0.2) is 77.9 Å². The second-order valence-corrected chi connectivity index (χ2v) is 6.97. The summed E-state index contributed by atoms with van der Waals surface area (Å²) < 4.78 is 5.81. The minimum absolute atomic E-state index is 0.280. The zero-order valence-electron chi connectivity index (χ0n) is 14.7. The van der Waals surface area contributed by atoms with Crippen molar-refractivity contribution in [2.24, 2.45) is 5.10 Å². The maximum atomic E-state index is 6.17. The number of nitrogens with one attached hydrogen (secondary N) is 2. The highest BCUT2D eigenvalue weighted by atomic mass is 35.5. The molecule has 0 spiro atoms. The number of hydrogen-bond acceptors (Lipinski definition) is 3. The molecule has 7 heteroatoms. The molecule has 3 aromatic carbocycles. The van der Waals surface area contributed by atoms with E-state index in [1.807, 2.05) is 54.6 Å². The molecular formula is C21H17Cl2N3OS. The Morgan fingerprint density at radius 2 is 1.68 bits per heavy atom. The number of ether oxygens (including phenoxy) is 1. The van der Waals surface area contributed by atoms with E-state index in [2.05, 4.69) is 15.8 Å². The lowest BCUT2D eigenvalue weighted by Gasteiger charge is -2.10. The number of para-hydroxylation sites is 1. The van der Waals surface area contributed by atoms with Gasteiger partial charge < -0.3 is 10.1 Å². The predicted octanol–water partition coefficient (Wildman–Crippen LogP) is 5.89. The number of hydrogen-bond donors (Lipinski definition) is 2. The fraction of sp³-hybridized carbons (Fsp3) is 0.0476.